The zero-order valence-electron chi connectivity index (χ0n) is 12.3. The number of nitrogens with one attached hydrogen (secondary N) is 1. The second kappa shape index (κ2) is 11.0. The van der Waals surface area contributed by atoms with Gasteiger partial charge >= 0.3 is 0 Å². The Kier molecular flexibility index (Phi) is 9.33. The minimum absolute atomic E-state index is 0.687. The van der Waals surface area contributed by atoms with Gasteiger partial charge in [0.1, 0.15) is 0 Å². The van der Waals surface area contributed by atoms with Crippen LogP contribution in [0.15, 0.2) is 24.3 Å². The molecule has 3 nitrogen and oxygen atoms in total. The van der Waals surface area contributed by atoms with E-state index in [2.05, 4.69) is 36.5 Å². The summed E-state index contributed by atoms with van der Waals surface area (Å²) in [5, 5.41) is 3.46. The van der Waals surface area contributed by atoms with E-state index in [0.29, 0.717) is 13.2 Å². The molecule has 1 aromatic carbocycles. The van der Waals surface area contributed by atoms with Crippen LogP contribution in [0, 0.1) is 0 Å². The van der Waals surface area contributed by atoms with E-state index >= 15 is 0 Å². The van der Waals surface area contributed by atoms with Crippen molar-refractivity contribution in [1.82, 2.24) is 5.32 Å². The summed E-state index contributed by atoms with van der Waals surface area (Å²) in [7, 11) is 1.69. The highest BCUT2D eigenvalue weighted by Gasteiger charge is 1.94. The third-order valence-corrected chi connectivity index (χ3v) is 3.08. The number of hydrogen-bond acceptors (Lipinski definition) is 3. The Hall–Kier alpha value is -0.900. The molecule has 0 saturated carbocycles. The lowest BCUT2D eigenvalue weighted by atomic mass is 10.1. The van der Waals surface area contributed by atoms with Gasteiger partial charge in [0.2, 0.25) is 0 Å². The van der Waals surface area contributed by atoms with Crippen molar-refractivity contribution in [3.8, 4) is 0 Å². The standard InChI is InChI=1S/C16H27NO2/c1-3-15-6-8-16(9-7-15)14-17-10-4-5-11-19-13-12-18-2/h6-9,17H,3-5,10-14H2,1-2H3. The molecule has 0 heterocycles. The lowest BCUT2D eigenvalue weighted by Gasteiger charge is -2.06. The Morgan fingerprint density at radius 3 is 2.37 bits per heavy atom. The number of unbranched alkanes of at least 4 members (excludes halogenated alkanes) is 1. The van der Waals surface area contributed by atoms with Crippen molar-refractivity contribution < 1.29 is 9.47 Å². The Morgan fingerprint density at radius 1 is 0.947 bits per heavy atom. The molecule has 0 amide bonds. The van der Waals surface area contributed by atoms with Crippen LogP contribution in [0.3, 0.4) is 0 Å². The fourth-order valence-corrected chi connectivity index (χ4v) is 1.82. The number of methoxy groups -OCH3 is 1. The average Bonchev–Trinajstić information content (AvgIpc) is 2.46. The normalized spacial score (nSPS) is 10.8. The van der Waals surface area contributed by atoms with E-state index in [1.54, 1.807) is 7.11 Å². The minimum atomic E-state index is 0.687. The molecule has 19 heavy (non-hydrogen) atoms. The van der Waals surface area contributed by atoms with E-state index in [1.807, 2.05) is 0 Å². The second-order valence-corrected chi connectivity index (χ2v) is 4.66. The van der Waals surface area contributed by atoms with Crippen LogP contribution in [0.4, 0.5) is 0 Å². The van der Waals surface area contributed by atoms with Gasteiger partial charge in [0.05, 0.1) is 13.2 Å². The van der Waals surface area contributed by atoms with Gasteiger partial charge in [0, 0.05) is 20.3 Å². The van der Waals surface area contributed by atoms with Crippen LogP contribution >= 0.6 is 0 Å². The summed E-state index contributed by atoms with van der Waals surface area (Å²) in [6, 6.07) is 8.83. The van der Waals surface area contributed by atoms with Gasteiger partial charge in [-0.2, -0.15) is 0 Å². The van der Waals surface area contributed by atoms with Crippen LogP contribution in [0.1, 0.15) is 30.9 Å². The molecular formula is C16H27NO2. The van der Waals surface area contributed by atoms with E-state index in [-0.39, 0.29) is 0 Å². The molecule has 0 spiro atoms. The molecule has 0 atom stereocenters. The lowest BCUT2D eigenvalue weighted by Crippen LogP contribution is -2.15. The van der Waals surface area contributed by atoms with Crippen molar-refractivity contribution in [1.29, 1.82) is 0 Å². The van der Waals surface area contributed by atoms with Gasteiger partial charge in [-0.05, 0) is 36.9 Å². The number of aryl methyl sites for hydroxylation is 1. The van der Waals surface area contributed by atoms with Crippen LogP contribution in [0.5, 0.6) is 0 Å². The van der Waals surface area contributed by atoms with E-state index in [9.17, 15) is 0 Å². The quantitative estimate of drug-likeness (QED) is 0.624. The molecular weight excluding hydrogens is 238 g/mol. The molecule has 0 aliphatic heterocycles. The van der Waals surface area contributed by atoms with Crippen molar-refractivity contribution in [2.75, 3.05) is 33.5 Å². The van der Waals surface area contributed by atoms with E-state index in [0.717, 1.165) is 39.0 Å². The smallest absolute Gasteiger partial charge is 0.0700 e. The predicted octanol–water partition coefficient (Wildman–Crippen LogP) is 2.78. The molecule has 0 unspecified atom stereocenters. The van der Waals surface area contributed by atoms with E-state index in [1.165, 1.54) is 11.1 Å². The number of benzene rings is 1. The van der Waals surface area contributed by atoms with Gasteiger partial charge in [0.15, 0.2) is 0 Å². The maximum atomic E-state index is 5.41. The first kappa shape index (κ1) is 16.2. The molecule has 0 aliphatic rings. The summed E-state index contributed by atoms with van der Waals surface area (Å²) in [5.74, 6) is 0. The average molecular weight is 265 g/mol. The van der Waals surface area contributed by atoms with Crippen LogP contribution in [-0.4, -0.2) is 33.5 Å². The summed E-state index contributed by atoms with van der Waals surface area (Å²) in [6.45, 7) is 6.40. The van der Waals surface area contributed by atoms with Crippen LogP contribution < -0.4 is 5.32 Å². The first-order chi connectivity index (χ1) is 9.36. The van der Waals surface area contributed by atoms with Gasteiger partial charge in [0.25, 0.3) is 0 Å². The zero-order chi connectivity index (χ0) is 13.8. The highest BCUT2D eigenvalue weighted by atomic mass is 16.5. The molecule has 0 aromatic heterocycles. The topological polar surface area (TPSA) is 30.5 Å². The van der Waals surface area contributed by atoms with Gasteiger partial charge in [-0.15, -0.1) is 0 Å². The maximum Gasteiger partial charge on any atom is 0.0700 e. The first-order valence-corrected chi connectivity index (χ1v) is 7.22. The predicted molar refractivity (Wildman–Crippen MR) is 79.5 cm³/mol. The summed E-state index contributed by atoms with van der Waals surface area (Å²) in [6.07, 6.45) is 3.36. The second-order valence-electron chi connectivity index (χ2n) is 4.66. The molecule has 3 heteroatoms. The number of ether oxygens (including phenoxy) is 2. The molecule has 0 bridgehead atoms. The molecule has 108 valence electrons. The monoisotopic (exact) mass is 265 g/mol. The maximum absolute atomic E-state index is 5.41. The number of rotatable bonds is 11. The Morgan fingerprint density at radius 2 is 1.68 bits per heavy atom. The Bertz CT molecular complexity index is 311. The molecule has 0 aliphatic carbocycles. The van der Waals surface area contributed by atoms with Crippen molar-refractivity contribution in [2.24, 2.45) is 0 Å². The van der Waals surface area contributed by atoms with Crippen molar-refractivity contribution >= 4 is 0 Å². The van der Waals surface area contributed by atoms with Crippen LogP contribution in [0.25, 0.3) is 0 Å². The minimum Gasteiger partial charge on any atom is -0.382 e. The SMILES string of the molecule is CCc1ccc(CNCCCCOCCOC)cc1. The fraction of sp³-hybridized carbons (Fsp3) is 0.625. The molecule has 1 aromatic rings. The summed E-state index contributed by atoms with van der Waals surface area (Å²) in [5.41, 5.74) is 2.76. The highest BCUT2D eigenvalue weighted by molar-refractivity contribution is 5.22. The van der Waals surface area contributed by atoms with Crippen molar-refractivity contribution in [3.05, 3.63) is 35.4 Å². The lowest BCUT2D eigenvalue weighted by molar-refractivity contribution is 0.0688. The summed E-state index contributed by atoms with van der Waals surface area (Å²) < 4.78 is 10.3. The summed E-state index contributed by atoms with van der Waals surface area (Å²) in [4.78, 5) is 0. The highest BCUT2D eigenvalue weighted by Crippen LogP contribution is 2.04. The van der Waals surface area contributed by atoms with Gasteiger partial charge in [-0.3, -0.25) is 0 Å². The first-order valence-electron chi connectivity index (χ1n) is 7.22. The zero-order valence-corrected chi connectivity index (χ0v) is 12.3. The van der Waals surface area contributed by atoms with Crippen LogP contribution in [0.2, 0.25) is 0 Å². The molecule has 0 radical (unpaired) electrons. The Balaban J connectivity index is 1.95. The summed E-state index contributed by atoms with van der Waals surface area (Å²) >= 11 is 0. The molecule has 0 saturated heterocycles. The number of hydrogen-bond donors (Lipinski definition) is 1. The van der Waals surface area contributed by atoms with E-state index in [4.69, 9.17) is 9.47 Å². The van der Waals surface area contributed by atoms with Gasteiger partial charge in [-0.25, -0.2) is 0 Å². The van der Waals surface area contributed by atoms with Gasteiger partial charge in [-0.1, -0.05) is 31.2 Å². The third-order valence-electron chi connectivity index (χ3n) is 3.08. The van der Waals surface area contributed by atoms with E-state index < -0.39 is 0 Å². The largest absolute Gasteiger partial charge is 0.382 e. The van der Waals surface area contributed by atoms with Gasteiger partial charge < -0.3 is 14.8 Å². The Labute approximate surface area is 117 Å². The molecule has 0 fully saturated rings. The molecule has 1 N–H and O–H groups in total. The fourth-order valence-electron chi connectivity index (χ4n) is 1.82. The van der Waals surface area contributed by atoms with Crippen LogP contribution in [-0.2, 0) is 22.4 Å². The van der Waals surface area contributed by atoms with Crippen molar-refractivity contribution in [3.63, 3.8) is 0 Å². The third kappa shape index (κ3) is 7.98. The van der Waals surface area contributed by atoms with Crippen molar-refractivity contribution in [2.45, 2.75) is 32.7 Å². The molecule has 1 rings (SSSR count).